The molecule has 3 aromatic rings. The molecule has 0 fully saturated rings. The quantitative estimate of drug-likeness (QED) is 0.526. The molecule has 120 valence electrons. The summed E-state index contributed by atoms with van der Waals surface area (Å²) in [6.45, 7) is 2.56. The summed E-state index contributed by atoms with van der Waals surface area (Å²) >= 11 is 6.12. The van der Waals surface area contributed by atoms with Crippen LogP contribution in [0.5, 0.6) is 5.75 Å². The highest BCUT2D eigenvalue weighted by Gasteiger charge is 2.04. The lowest BCUT2D eigenvalue weighted by molar-refractivity contribution is 0.306. The Bertz CT molecular complexity index is 826. The third-order valence-corrected chi connectivity index (χ3v) is 3.83. The number of rotatable bonds is 5. The Kier molecular flexibility index (Phi) is 5.29. The highest BCUT2D eigenvalue weighted by Crippen LogP contribution is 2.23. The van der Waals surface area contributed by atoms with Crippen LogP contribution in [0.2, 0.25) is 5.02 Å². The maximum absolute atomic E-state index is 6.12. The minimum absolute atomic E-state index is 0.508. The molecule has 0 bridgehead atoms. The predicted octanol–water partition coefficient (Wildman–Crippen LogP) is 5.98. The van der Waals surface area contributed by atoms with Crippen LogP contribution < -0.4 is 4.74 Å². The Hall–Kier alpha value is -2.58. The maximum atomic E-state index is 6.12. The summed E-state index contributed by atoms with van der Waals surface area (Å²) in [7, 11) is 0. The molecule has 0 saturated heterocycles. The van der Waals surface area contributed by atoms with E-state index in [4.69, 9.17) is 16.3 Å². The summed E-state index contributed by atoms with van der Waals surface area (Å²) in [5.74, 6) is 0.763. The molecule has 0 aromatic heterocycles. The molecule has 0 aliphatic carbocycles. The van der Waals surface area contributed by atoms with Crippen molar-refractivity contribution >= 4 is 23.5 Å². The molecule has 0 unspecified atom stereocenters. The first-order chi connectivity index (χ1) is 11.7. The summed E-state index contributed by atoms with van der Waals surface area (Å²) in [6.07, 6.45) is 1.79. The monoisotopic (exact) mass is 335 g/mol. The highest BCUT2D eigenvalue weighted by molar-refractivity contribution is 6.30. The van der Waals surface area contributed by atoms with E-state index in [1.54, 1.807) is 6.21 Å². The van der Waals surface area contributed by atoms with Crippen LogP contribution >= 0.6 is 11.6 Å². The van der Waals surface area contributed by atoms with Crippen molar-refractivity contribution in [1.29, 1.82) is 0 Å². The zero-order chi connectivity index (χ0) is 16.8. The lowest BCUT2D eigenvalue weighted by Gasteiger charge is -2.09. The van der Waals surface area contributed by atoms with Gasteiger partial charge in [-0.2, -0.15) is 0 Å². The van der Waals surface area contributed by atoms with Crippen LogP contribution in [-0.4, -0.2) is 6.21 Å². The summed E-state index contributed by atoms with van der Waals surface area (Å²) in [6, 6.07) is 23.7. The smallest absolute Gasteiger partial charge is 0.128 e. The number of ether oxygens (including phenoxy) is 1. The first kappa shape index (κ1) is 16.3. The molecule has 2 nitrogen and oxygen atoms in total. The first-order valence-electron chi connectivity index (χ1n) is 7.78. The Labute approximate surface area is 147 Å². The fraction of sp³-hybridized carbons (Fsp3) is 0.0952. The van der Waals surface area contributed by atoms with Crippen LogP contribution in [0.25, 0.3) is 0 Å². The van der Waals surface area contributed by atoms with Gasteiger partial charge in [-0.1, -0.05) is 59.6 Å². The van der Waals surface area contributed by atoms with E-state index >= 15 is 0 Å². The third-order valence-electron chi connectivity index (χ3n) is 3.60. The van der Waals surface area contributed by atoms with Gasteiger partial charge < -0.3 is 4.74 Å². The Morgan fingerprint density at radius 2 is 1.71 bits per heavy atom. The number of aryl methyl sites for hydroxylation is 1. The van der Waals surface area contributed by atoms with E-state index in [9.17, 15) is 0 Å². The fourth-order valence-corrected chi connectivity index (χ4v) is 2.44. The van der Waals surface area contributed by atoms with Crippen LogP contribution in [-0.2, 0) is 6.61 Å². The van der Waals surface area contributed by atoms with Gasteiger partial charge in [0.2, 0.25) is 0 Å². The zero-order valence-corrected chi connectivity index (χ0v) is 14.2. The van der Waals surface area contributed by atoms with Gasteiger partial charge in [-0.05, 0) is 42.8 Å². The zero-order valence-electron chi connectivity index (χ0n) is 13.4. The van der Waals surface area contributed by atoms with Gasteiger partial charge in [0.15, 0.2) is 0 Å². The topological polar surface area (TPSA) is 21.6 Å². The Morgan fingerprint density at radius 1 is 0.958 bits per heavy atom. The van der Waals surface area contributed by atoms with Crippen LogP contribution in [0.4, 0.5) is 5.69 Å². The lowest BCUT2D eigenvalue weighted by atomic mass is 10.2. The predicted molar refractivity (Wildman–Crippen MR) is 101 cm³/mol. The average Bonchev–Trinajstić information content (AvgIpc) is 2.61. The van der Waals surface area contributed by atoms with E-state index < -0.39 is 0 Å². The van der Waals surface area contributed by atoms with Crippen molar-refractivity contribution < 1.29 is 4.74 Å². The number of nitrogens with zero attached hydrogens (tertiary/aromatic N) is 1. The van der Waals surface area contributed by atoms with Crippen molar-refractivity contribution in [3.05, 3.63) is 94.5 Å². The number of benzene rings is 3. The Balaban J connectivity index is 1.79. The average molecular weight is 336 g/mol. The molecule has 3 aromatic carbocycles. The Morgan fingerprint density at radius 3 is 2.46 bits per heavy atom. The van der Waals surface area contributed by atoms with Crippen LogP contribution in [0, 0.1) is 6.92 Å². The molecule has 3 heteroatoms. The molecule has 0 saturated carbocycles. The normalized spacial score (nSPS) is 10.9. The SMILES string of the molecule is Cc1ccc(N=Cc2cc(Cl)ccc2OCc2ccccc2)cc1. The van der Waals surface area contributed by atoms with Gasteiger partial charge in [0.1, 0.15) is 12.4 Å². The van der Waals surface area contributed by atoms with Crippen molar-refractivity contribution in [3.8, 4) is 5.75 Å². The number of aliphatic imine (C=N–C) groups is 1. The second kappa shape index (κ2) is 7.80. The molecule has 0 aliphatic heterocycles. The molecule has 0 heterocycles. The van der Waals surface area contributed by atoms with Crippen molar-refractivity contribution in [2.24, 2.45) is 4.99 Å². The number of halogens is 1. The summed E-state index contributed by atoms with van der Waals surface area (Å²) < 4.78 is 5.94. The standard InChI is InChI=1S/C21H18ClNO/c1-16-7-10-20(11-8-16)23-14-18-13-19(22)9-12-21(18)24-15-17-5-3-2-4-6-17/h2-14H,15H2,1H3. The van der Waals surface area contributed by atoms with Crippen molar-refractivity contribution in [3.63, 3.8) is 0 Å². The minimum Gasteiger partial charge on any atom is -0.488 e. The van der Waals surface area contributed by atoms with Gasteiger partial charge in [-0.15, -0.1) is 0 Å². The van der Waals surface area contributed by atoms with Crippen molar-refractivity contribution in [1.82, 2.24) is 0 Å². The molecule has 0 aliphatic rings. The highest BCUT2D eigenvalue weighted by atomic mass is 35.5. The van der Waals surface area contributed by atoms with Gasteiger partial charge in [0.05, 0.1) is 5.69 Å². The van der Waals surface area contributed by atoms with Crippen LogP contribution in [0.15, 0.2) is 77.8 Å². The van der Waals surface area contributed by atoms with E-state index in [0.717, 1.165) is 22.6 Å². The van der Waals surface area contributed by atoms with E-state index in [-0.39, 0.29) is 0 Å². The second-order valence-corrected chi connectivity index (χ2v) is 5.99. The summed E-state index contributed by atoms with van der Waals surface area (Å²) in [5.41, 5.74) is 4.09. The molecular weight excluding hydrogens is 318 g/mol. The molecule has 0 radical (unpaired) electrons. The van der Waals surface area contributed by atoms with E-state index in [2.05, 4.69) is 11.9 Å². The molecule has 0 spiro atoms. The van der Waals surface area contributed by atoms with E-state index in [1.807, 2.05) is 72.8 Å². The van der Waals surface area contributed by atoms with Gasteiger partial charge in [0, 0.05) is 16.8 Å². The van der Waals surface area contributed by atoms with E-state index in [0.29, 0.717) is 11.6 Å². The van der Waals surface area contributed by atoms with Crippen LogP contribution in [0.3, 0.4) is 0 Å². The molecule has 0 atom stereocenters. The van der Waals surface area contributed by atoms with Gasteiger partial charge >= 0.3 is 0 Å². The van der Waals surface area contributed by atoms with Crippen LogP contribution in [0.1, 0.15) is 16.7 Å². The number of hydrogen-bond acceptors (Lipinski definition) is 2. The molecule has 3 rings (SSSR count). The summed E-state index contributed by atoms with van der Waals surface area (Å²) in [5, 5.41) is 0.660. The molecule has 0 amide bonds. The van der Waals surface area contributed by atoms with E-state index in [1.165, 1.54) is 5.56 Å². The van der Waals surface area contributed by atoms with Gasteiger partial charge in [-0.3, -0.25) is 4.99 Å². The minimum atomic E-state index is 0.508. The molecule has 0 N–H and O–H groups in total. The van der Waals surface area contributed by atoms with Crippen molar-refractivity contribution in [2.75, 3.05) is 0 Å². The molecular formula is C21H18ClNO. The fourth-order valence-electron chi connectivity index (χ4n) is 2.26. The van der Waals surface area contributed by atoms with Gasteiger partial charge in [0.25, 0.3) is 0 Å². The third kappa shape index (κ3) is 4.46. The second-order valence-electron chi connectivity index (χ2n) is 5.55. The number of hydrogen-bond donors (Lipinski definition) is 0. The lowest BCUT2D eigenvalue weighted by Crippen LogP contribution is -1.98. The maximum Gasteiger partial charge on any atom is 0.128 e. The summed E-state index contributed by atoms with van der Waals surface area (Å²) in [4.78, 5) is 4.51. The molecule has 24 heavy (non-hydrogen) atoms. The largest absolute Gasteiger partial charge is 0.488 e. The first-order valence-corrected chi connectivity index (χ1v) is 8.15. The van der Waals surface area contributed by atoms with Crippen molar-refractivity contribution in [2.45, 2.75) is 13.5 Å². The van der Waals surface area contributed by atoms with Gasteiger partial charge in [-0.25, -0.2) is 0 Å².